The molecule has 2 aromatic rings. The second kappa shape index (κ2) is 6.37. The van der Waals surface area contributed by atoms with Gasteiger partial charge in [0.2, 0.25) is 0 Å². The average Bonchev–Trinajstić information content (AvgIpc) is 2.42. The predicted octanol–water partition coefficient (Wildman–Crippen LogP) is 4.61. The number of methoxy groups -OCH3 is 1. The summed E-state index contributed by atoms with van der Waals surface area (Å²) in [5.41, 5.74) is 0.522. The summed E-state index contributed by atoms with van der Waals surface area (Å²) in [5, 5.41) is 2.53. The fourth-order valence-electron chi connectivity index (χ4n) is 1.60. The lowest BCUT2D eigenvalue weighted by Crippen LogP contribution is -2.13. The summed E-state index contributed by atoms with van der Waals surface area (Å²) >= 11 is 6.53. The van der Waals surface area contributed by atoms with Gasteiger partial charge in [-0.1, -0.05) is 15.9 Å². The van der Waals surface area contributed by atoms with Crippen LogP contribution in [-0.2, 0) is 0 Å². The Morgan fingerprint density at radius 1 is 1.20 bits per heavy atom. The number of hydrogen-bond donors (Lipinski definition) is 1. The standard InChI is InChI=1S/C14H10Br2FNO2/c1-20-13-5-2-8(6-10(13)16)14(19)18-12-7-9(15)3-4-11(12)17/h2-7H,1H3,(H,18,19). The fraction of sp³-hybridized carbons (Fsp3) is 0.0714. The van der Waals surface area contributed by atoms with E-state index in [1.807, 2.05) is 0 Å². The van der Waals surface area contributed by atoms with Crippen molar-refractivity contribution in [1.29, 1.82) is 0 Å². The van der Waals surface area contributed by atoms with Crippen molar-refractivity contribution in [2.75, 3.05) is 12.4 Å². The minimum absolute atomic E-state index is 0.122. The molecule has 0 atom stereocenters. The number of halogens is 3. The van der Waals surface area contributed by atoms with Crippen LogP contribution in [-0.4, -0.2) is 13.0 Å². The molecule has 20 heavy (non-hydrogen) atoms. The van der Waals surface area contributed by atoms with Gasteiger partial charge in [0.25, 0.3) is 5.91 Å². The number of hydrogen-bond acceptors (Lipinski definition) is 2. The SMILES string of the molecule is COc1ccc(C(=O)Nc2cc(Br)ccc2F)cc1Br. The minimum Gasteiger partial charge on any atom is -0.496 e. The Labute approximate surface area is 132 Å². The highest BCUT2D eigenvalue weighted by atomic mass is 79.9. The molecule has 3 nitrogen and oxygen atoms in total. The van der Waals surface area contributed by atoms with Crippen molar-refractivity contribution in [1.82, 2.24) is 0 Å². The average molecular weight is 403 g/mol. The highest BCUT2D eigenvalue weighted by Gasteiger charge is 2.11. The smallest absolute Gasteiger partial charge is 0.255 e. The Morgan fingerprint density at radius 3 is 2.60 bits per heavy atom. The predicted molar refractivity (Wildman–Crippen MR) is 82.7 cm³/mol. The molecule has 6 heteroatoms. The first-order chi connectivity index (χ1) is 9.51. The summed E-state index contributed by atoms with van der Waals surface area (Å²) in [5.74, 6) is -0.269. The van der Waals surface area contributed by atoms with Gasteiger partial charge in [-0.05, 0) is 52.3 Å². The summed E-state index contributed by atoms with van der Waals surface area (Å²) in [6.07, 6.45) is 0. The topological polar surface area (TPSA) is 38.3 Å². The number of ether oxygens (including phenoxy) is 1. The fourth-order valence-corrected chi connectivity index (χ4v) is 2.50. The van der Waals surface area contributed by atoms with Crippen LogP contribution < -0.4 is 10.1 Å². The summed E-state index contributed by atoms with van der Waals surface area (Å²) < 4.78 is 20.0. The number of amides is 1. The van der Waals surface area contributed by atoms with Crippen molar-refractivity contribution in [3.05, 3.63) is 56.7 Å². The number of rotatable bonds is 3. The minimum atomic E-state index is -0.492. The maximum Gasteiger partial charge on any atom is 0.255 e. The van der Waals surface area contributed by atoms with Crippen molar-refractivity contribution in [2.24, 2.45) is 0 Å². The van der Waals surface area contributed by atoms with Crippen LogP contribution in [0.15, 0.2) is 45.3 Å². The number of nitrogens with one attached hydrogen (secondary N) is 1. The van der Waals surface area contributed by atoms with E-state index in [4.69, 9.17) is 4.74 Å². The van der Waals surface area contributed by atoms with E-state index in [1.54, 1.807) is 24.3 Å². The molecule has 0 aliphatic heterocycles. The highest BCUT2D eigenvalue weighted by molar-refractivity contribution is 9.10. The summed E-state index contributed by atoms with van der Waals surface area (Å²) in [7, 11) is 1.54. The van der Waals surface area contributed by atoms with E-state index in [0.717, 1.165) is 0 Å². The molecule has 0 fully saturated rings. The van der Waals surface area contributed by atoms with Gasteiger partial charge < -0.3 is 10.1 Å². The molecule has 0 saturated carbocycles. The van der Waals surface area contributed by atoms with Crippen LogP contribution in [0.4, 0.5) is 10.1 Å². The third kappa shape index (κ3) is 3.37. The molecule has 0 saturated heterocycles. The van der Waals surface area contributed by atoms with E-state index in [9.17, 15) is 9.18 Å². The molecule has 1 amide bonds. The van der Waals surface area contributed by atoms with Gasteiger partial charge in [-0.3, -0.25) is 4.79 Å². The van der Waals surface area contributed by atoms with Crippen molar-refractivity contribution >= 4 is 43.5 Å². The van der Waals surface area contributed by atoms with Crippen LogP contribution in [0.25, 0.3) is 0 Å². The Bertz CT molecular complexity index is 662. The number of carbonyl (C=O) groups excluding carboxylic acids is 1. The Kier molecular flexibility index (Phi) is 4.77. The van der Waals surface area contributed by atoms with Gasteiger partial charge in [0.05, 0.1) is 17.3 Å². The van der Waals surface area contributed by atoms with Crippen LogP contribution in [0.2, 0.25) is 0 Å². The molecule has 0 unspecified atom stereocenters. The van der Waals surface area contributed by atoms with Crippen molar-refractivity contribution in [3.63, 3.8) is 0 Å². The lowest BCUT2D eigenvalue weighted by atomic mass is 10.2. The third-order valence-electron chi connectivity index (χ3n) is 2.59. The maximum absolute atomic E-state index is 13.6. The van der Waals surface area contributed by atoms with Gasteiger partial charge in [0.1, 0.15) is 11.6 Å². The van der Waals surface area contributed by atoms with E-state index in [2.05, 4.69) is 37.2 Å². The van der Waals surface area contributed by atoms with E-state index >= 15 is 0 Å². The first kappa shape index (κ1) is 15.0. The lowest BCUT2D eigenvalue weighted by Gasteiger charge is -2.09. The van der Waals surface area contributed by atoms with E-state index < -0.39 is 11.7 Å². The molecule has 104 valence electrons. The summed E-state index contributed by atoms with van der Waals surface area (Å²) in [4.78, 5) is 12.1. The molecule has 0 heterocycles. The zero-order chi connectivity index (χ0) is 14.7. The Balaban J connectivity index is 2.24. The van der Waals surface area contributed by atoms with E-state index in [-0.39, 0.29) is 5.69 Å². The van der Waals surface area contributed by atoms with Crippen LogP contribution in [0.5, 0.6) is 5.75 Å². The quantitative estimate of drug-likeness (QED) is 0.813. The molecular formula is C14H10Br2FNO2. The van der Waals surface area contributed by atoms with Crippen molar-refractivity contribution in [2.45, 2.75) is 0 Å². The first-order valence-corrected chi connectivity index (χ1v) is 7.20. The summed E-state index contributed by atoms with van der Waals surface area (Å²) in [6.45, 7) is 0. The van der Waals surface area contributed by atoms with Crippen LogP contribution in [0.3, 0.4) is 0 Å². The van der Waals surface area contributed by atoms with E-state index in [1.165, 1.54) is 19.2 Å². The van der Waals surface area contributed by atoms with E-state index in [0.29, 0.717) is 20.3 Å². The van der Waals surface area contributed by atoms with Gasteiger partial charge in [-0.2, -0.15) is 0 Å². The monoisotopic (exact) mass is 401 g/mol. The van der Waals surface area contributed by atoms with Gasteiger partial charge in [-0.15, -0.1) is 0 Å². The summed E-state index contributed by atoms with van der Waals surface area (Å²) in [6, 6.07) is 9.24. The second-order valence-electron chi connectivity index (χ2n) is 3.93. The largest absolute Gasteiger partial charge is 0.496 e. The molecule has 0 bridgehead atoms. The molecule has 0 spiro atoms. The molecular weight excluding hydrogens is 393 g/mol. The van der Waals surface area contributed by atoms with Gasteiger partial charge >= 0.3 is 0 Å². The van der Waals surface area contributed by atoms with Crippen LogP contribution >= 0.6 is 31.9 Å². The molecule has 2 rings (SSSR count). The molecule has 0 radical (unpaired) electrons. The Morgan fingerprint density at radius 2 is 1.95 bits per heavy atom. The molecule has 1 N–H and O–H groups in total. The molecule has 2 aromatic carbocycles. The van der Waals surface area contributed by atoms with Crippen LogP contribution in [0.1, 0.15) is 10.4 Å². The number of anilines is 1. The van der Waals surface area contributed by atoms with Crippen molar-refractivity contribution < 1.29 is 13.9 Å². The third-order valence-corrected chi connectivity index (χ3v) is 3.70. The second-order valence-corrected chi connectivity index (χ2v) is 5.70. The maximum atomic E-state index is 13.6. The number of benzene rings is 2. The Hall–Kier alpha value is -1.40. The molecule has 0 aliphatic carbocycles. The van der Waals surface area contributed by atoms with Gasteiger partial charge in [0.15, 0.2) is 0 Å². The zero-order valence-electron chi connectivity index (χ0n) is 10.4. The first-order valence-electron chi connectivity index (χ1n) is 5.61. The van der Waals surface area contributed by atoms with Gasteiger partial charge in [-0.25, -0.2) is 4.39 Å². The molecule has 0 aromatic heterocycles. The zero-order valence-corrected chi connectivity index (χ0v) is 13.6. The number of carbonyl (C=O) groups is 1. The van der Waals surface area contributed by atoms with Gasteiger partial charge in [0, 0.05) is 10.0 Å². The lowest BCUT2D eigenvalue weighted by molar-refractivity contribution is 0.102. The van der Waals surface area contributed by atoms with Crippen molar-refractivity contribution in [3.8, 4) is 5.75 Å². The normalized spacial score (nSPS) is 10.2. The highest BCUT2D eigenvalue weighted by Crippen LogP contribution is 2.26. The van der Waals surface area contributed by atoms with Crippen LogP contribution in [0, 0.1) is 5.82 Å². The molecule has 0 aliphatic rings.